The molecule has 3 atom stereocenters. The van der Waals surface area contributed by atoms with Crippen LogP contribution < -0.4 is 9.47 Å². The van der Waals surface area contributed by atoms with Gasteiger partial charge in [0.15, 0.2) is 11.5 Å². The van der Waals surface area contributed by atoms with Crippen LogP contribution >= 0.6 is 0 Å². The molecule has 2 aliphatic heterocycles. The molecule has 0 saturated carbocycles. The topological polar surface area (TPSA) is 91.1 Å². The summed E-state index contributed by atoms with van der Waals surface area (Å²) in [5, 5.41) is 11.0. The Morgan fingerprint density at radius 2 is 2.15 bits per heavy atom. The SMILES string of the molecule is COc1ccc2c3c1O[C@H]1C[C@@H](OC(=O)c4ccc(F)c([N+](=O)[O-])c4)C=C[C@@]31CCN(C)C2. The number of nitrogens with zero attached hydrogens (tertiary/aromatic N) is 2. The van der Waals surface area contributed by atoms with Crippen molar-refractivity contribution in [1.29, 1.82) is 0 Å². The second-order valence-corrected chi connectivity index (χ2v) is 8.73. The van der Waals surface area contributed by atoms with Crippen LogP contribution in [-0.4, -0.2) is 48.7 Å². The molecule has 1 aliphatic carbocycles. The lowest BCUT2D eigenvalue weighted by Crippen LogP contribution is -2.43. The zero-order chi connectivity index (χ0) is 23.3. The first-order valence-electron chi connectivity index (χ1n) is 10.7. The van der Waals surface area contributed by atoms with Gasteiger partial charge in [0.1, 0.15) is 12.2 Å². The minimum atomic E-state index is -1.00. The lowest BCUT2D eigenvalue weighted by molar-refractivity contribution is -0.387. The molecule has 172 valence electrons. The number of hydrogen-bond donors (Lipinski definition) is 0. The molecule has 0 aromatic heterocycles. The lowest BCUT2D eigenvalue weighted by atomic mass is 9.69. The molecule has 33 heavy (non-hydrogen) atoms. The van der Waals surface area contributed by atoms with Crippen LogP contribution in [-0.2, 0) is 16.7 Å². The summed E-state index contributed by atoms with van der Waals surface area (Å²) in [7, 11) is 3.70. The Hall–Kier alpha value is -3.46. The van der Waals surface area contributed by atoms with Crippen LogP contribution in [0.1, 0.15) is 34.3 Å². The van der Waals surface area contributed by atoms with Crippen molar-refractivity contribution < 1.29 is 28.3 Å². The quantitative estimate of drug-likeness (QED) is 0.301. The van der Waals surface area contributed by atoms with Crippen molar-refractivity contribution in [2.75, 3.05) is 20.7 Å². The molecule has 2 heterocycles. The van der Waals surface area contributed by atoms with Gasteiger partial charge in [-0.15, -0.1) is 0 Å². The standard InChI is InChI=1S/C24H23FN2O6/c1-26-10-9-24-8-7-16(32-23(28)14-3-5-17(25)18(11-14)27(29)30)12-20(24)33-22-19(31-2)6-4-15(13-26)21(22)24/h3-8,11,16,20H,9-10,12-13H2,1-2H3/t16-,20-,24-/m0/s1. The first-order valence-corrected chi connectivity index (χ1v) is 10.7. The summed E-state index contributed by atoms with van der Waals surface area (Å²) >= 11 is 0. The number of carbonyl (C=O) groups is 1. The van der Waals surface area contributed by atoms with E-state index in [1.807, 2.05) is 12.1 Å². The predicted molar refractivity (Wildman–Crippen MR) is 116 cm³/mol. The number of methoxy groups -OCH3 is 1. The maximum Gasteiger partial charge on any atom is 0.338 e. The number of ether oxygens (including phenoxy) is 3. The highest BCUT2D eigenvalue weighted by Crippen LogP contribution is 2.55. The maximum absolute atomic E-state index is 13.6. The highest BCUT2D eigenvalue weighted by molar-refractivity contribution is 5.90. The van der Waals surface area contributed by atoms with Crippen molar-refractivity contribution in [3.63, 3.8) is 0 Å². The van der Waals surface area contributed by atoms with Gasteiger partial charge in [-0.05, 0) is 49.9 Å². The molecule has 9 heteroatoms. The van der Waals surface area contributed by atoms with Gasteiger partial charge in [-0.2, -0.15) is 4.39 Å². The molecule has 0 bridgehead atoms. The number of halogens is 1. The van der Waals surface area contributed by atoms with E-state index < -0.39 is 28.5 Å². The fraction of sp³-hybridized carbons (Fsp3) is 0.375. The van der Waals surface area contributed by atoms with E-state index in [1.165, 1.54) is 11.6 Å². The van der Waals surface area contributed by atoms with Crippen LogP contribution in [0.2, 0.25) is 0 Å². The van der Waals surface area contributed by atoms with E-state index in [9.17, 15) is 19.3 Å². The van der Waals surface area contributed by atoms with Crippen molar-refractivity contribution >= 4 is 11.7 Å². The summed E-state index contributed by atoms with van der Waals surface area (Å²) in [6.07, 6.45) is 4.37. The van der Waals surface area contributed by atoms with Gasteiger partial charge < -0.3 is 19.1 Å². The summed E-state index contributed by atoms with van der Waals surface area (Å²) in [5.74, 6) is -0.344. The van der Waals surface area contributed by atoms with Gasteiger partial charge in [-0.25, -0.2) is 4.79 Å². The molecule has 0 unspecified atom stereocenters. The van der Waals surface area contributed by atoms with Crippen LogP contribution in [0.5, 0.6) is 11.5 Å². The molecule has 0 radical (unpaired) electrons. The van der Waals surface area contributed by atoms with Crippen LogP contribution in [0.25, 0.3) is 0 Å². The summed E-state index contributed by atoms with van der Waals surface area (Å²) < 4.78 is 31.2. The normalized spacial score (nSPS) is 25.4. The number of rotatable bonds is 4. The van der Waals surface area contributed by atoms with E-state index in [4.69, 9.17) is 14.2 Å². The highest BCUT2D eigenvalue weighted by Gasteiger charge is 2.53. The molecule has 2 aromatic rings. The number of nitro benzene ring substituents is 1. The Morgan fingerprint density at radius 1 is 1.33 bits per heavy atom. The number of hydrogen-bond acceptors (Lipinski definition) is 7. The van der Waals surface area contributed by atoms with Gasteiger partial charge in [0, 0.05) is 24.6 Å². The molecule has 0 saturated heterocycles. The van der Waals surface area contributed by atoms with Crippen LogP contribution in [0.3, 0.4) is 0 Å². The van der Waals surface area contributed by atoms with Gasteiger partial charge in [0.25, 0.3) is 0 Å². The molecule has 5 rings (SSSR count). The predicted octanol–water partition coefficient (Wildman–Crippen LogP) is 3.76. The van der Waals surface area contributed by atoms with E-state index in [1.54, 1.807) is 7.11 Å². The third-order valence-electron chi connectivity index (χ3n) is 6.77. The zero-order valence-electron chi connectivity index (χ0n) is 18.2. The van der Waals surface area contributed by atoms with E-state index in [2.05, 4.69) is 24.1 Å². The lowest BCUT2D eigenvalue weighted by Gasteiger charge is -2.36. The van der Waals surface area contributed by atoms with Gasteiger partial charge in [0.2, 0.25) is 5.82 Å². The molecule has 0 amide bonds. The highest BCUT2D eigenvalue weighted by atomic mass is 19.1. The summed E-state index contributed by atoms with van der Waals surface area (Å²) in [6, 6.07) is 6.97. The molecule has 3 aliphatic rings. The number of benzene rings is 2. The fourth-order valence-electron chi connectivity index (χ4n) is 5.14. The maximum atomic E-state index is 13.6. The summed E-state index contributed by atoms with van der Waals surface area (Å²) in [6.45, 7) is 1.68. The summed E-state index contributed by atoms with van der Waals surface area (Å²) in [4.78, 5) is 25.1. The van der Waals surface area contributed by atoms with Crippen molar-refractivity contribution in [3.05, 3.63) is 75.1 Å². The van der Waals surface area contributed by atoms with Crippen LogP contribution in [0.15, 0.2) is 42.5 Å². The van der Waals surface area contributed by atoms with Crippen molar-refractivity contribution in [2.45, 2.75) is 37.0 Å². The van der Waals surface area contributed by atoms with E-state index in [0.29, 0.717) is 12.2 Å². The van der Waals surface area contributed by atoms with Gasteiger partial charge in [-0.3, -0.25) is 10.1 Å². The Bertz CT molecular complexity index is 1180. The number of nitro groups is 1. The zero-order valence-corrected chi connectivity index (χ0v) is 18.2. The molecule has 8 nitrogen and oxygen atoms in total. The fourth-order valence-corrected chi connectivity index (χ4v) is 5.14. The Kier molecular flexibility index (Phi) is 5.08. The molecular formula is C24H23FN2O6. The molecule has 2 aromatic carbocycles. The van der Waals surface area contributed by atoms with E-state index in [0.717, 1.165) is 43.0 Å². The minimum Gasteiger partial charge on any atom is -0.493 e. The first-order chi connectivity index (χ1) is 15.8. The molecule has 1 spiro atoms. The number of carbonyl (C=O) groups excluding carboxylic acids is 1. The van der Waals surface area contributed by atoms with E-state index in [-0.39, 0.29) is 17.1 Å². The molecule has 0 N–H and O–H groups in total. The monoisotopic (exact) mass is 454 g/mol. The van der Waals surface area contributed by atoms with Crippen molar-refractivity contribution in [2.24, 2.45) is 0 Å². The van der Waals surface area contributed by atoms with Gasteiger partial charge >= 0.3 is 11.7 Å². The largest absolute Gasteiger partial charge is 0.493 e. The van der Waals surface area contributed by atoms with Crippen molar-refractivity contribution in [1.82, 2.24) is 4.90 Å². The third kappa shape index (κ3) is 3.43. The van der Waals surface area contributed by atoms with Gasteiger partial charge in [-0.1, -0.05) is 12.1 Å². The van der Waals surface area contributed by atoms with Crippen LogP contribution in [0.4, 0.5) is 10.1 Å². The Morgan fingerprint density at radius 3 is 2.91 bits per heavy atom. The van der Waals surface area contributed by atoms with Crippen LogP contribution in [0, 0.1) is 15.9 Å². The average molecular weight is 454 g/mol. The first kappa shape index (κ1) is 21.4. The molecule has 0 fully saturated rings. The smallest absolute Gasteiger partial charge is 0.338 e. The van der Waals surface area contributed by atoms with Gasteiger partial charge in [0.05, 0.1) is 23.0 Å². The Balaban J connectivity index is 1.43. The third-order valence-corrected chi connectivity index (χ3v) is 6.77. The average Bonchev–Trinajstić information content (AvgIpc) is 3.05. The second kappa shape index (κ2) is 7.84. The van der Waals surface area contributed by atoms with Crippen molar-refractivity contribution in [3.8, 4) is 11.5 Å². The Labute approximate surface area is 189 Å². The summed E-state index contributed by atoms with van der Waals surface area (Å²) in [5.41, 5.74) is 1.13. The minimum absolute atomic E-state index is 0.0764. The second-order valence-electron chi connectivity index (χ2n) is 8.73. The number of esters is 1. The molecular weight excluding hydrogens is 431 g/mol. The van der Waals surface area contributed by atoms with E-state index >= 15 is 0 Å².